The summed E-state index contributed by atoms with van der Waals surface area (Å²) in [5.74, 6) is -0.153. The number of carbonyl (C=O) groups is 1. The maximum atomic E-state index is 10.9. The van der Waals surface area contributed by atoms with Crippen molar-refractivity contribution in [1.82, 2.24) is 0 Å². The first kappa shape index (κ1) is 18.1. The summed E-state index contributed by atoms with van der Waals surface area (Å²) in [7, 11) is 0. The van der Waals surface area contributed by atoms with Crippen LogP contribution in [-0.4, -0.2) is 24.3 Å². The van der Waals surface area contributed by atoms with E-state index in [4.69, 9.17) is 19.8 Å². The quantitative estimate of drug-likeness (QED) is 0.587. The zero-order chi connectivity index (χ0) is 18.1. The molecule has 128 valence electrons. The Morgan fingerprint density at radius 2 is 1.92 bits per heavy atom. The van der Waals surface area contributed by atoms with Crippen LogP contribution in [0.2, 0.25) is 0 Å². The third kappa shape index (κ3) is 5.40. The van der Waals surface area contributed by atoms with Gasteiger partial charge in [0.2, 0.25) is 0 Å². The van der Waals surface area contributed by atoms with Gasteiger partial charge in [-0.05, 0) is 36.3 Å². The normalized spacial score (nSPS) is 10.8. The van der Waals surface area contributed by atoms with Crippen molar-refractivity contribution in [1.29, 1.82) is 5.26 Å². The van der Waals surface area contributed by atoms with E-state index in [1.807, 2.05) is 37.3 Å². The molecule has 0 aliphatic rings. The van der Waals surface area contributed by atoms with Gasteiger partial charge in [-0.3, -0.25) is 0 Å². The number of benzene rings is 2. The van der Waals surface area contributed by atoms with E-state index in [9.17, 15) is 4.79 Å². The molecule has 1 N–H and O–H groups in total. The Hall–Kier alpha value is -3.26. The molecular formula is C20H19NO4. The number of hydrogen-bond acceptors (Lipinski definition) is 4. The lowest BCUT2D eigenvalue weighted by Gasteiger charge is -2.13. The Morgan fingerprint density at radius 1 is 1.16 bits per heavy atom. The van der Waals surface area contributed by atoms with Crippen molar-refractivity contribution in [3.8, 4) is 17.6 Å². The minimum atomic E-state index is -1.26. The minimum absolute atomic E-state index is 0.333. The van der Waals surface area contributed by atoms with Gasteiger partial charge in [-0.2, -0.15) is 5.26 Å². The van der Waals surface area contributed by atoms with Crippen molar-refractivity contribution in [3.63, 3.8) is 0 Å². The highest BCUT2D eigenvalue weighted by Crippen LogP contribution is 2.29. The highest BCUT2D eigenvalue weighted by molar-refractivity contribution is 5.96. The van der Waals surface area contributed by atoms with Crippen LogP contribution in [0.5, 0.6) is 11.5 Å². The van der Waals surface area contributed by atoms with Gasteiger partial charge in [0.05, 0.1) is 13.2 Å². The predicted octanol–water partition coefficient (Wildman–Crippen LogP) is 3.70. The third-order valence-corrected chi connectivity index (χ3v) is 3.42. The molecule has 5 heteroatoms. The molecule has 2 rings (SSSR count). The van der Waals surface area contributed by atoms with Gasteiger partial charge >= 0.3 is 5.97 Å². The van der Waals surface area contributed by atoms with E-state index in [0.29, 0.717) is 30.3 Å². The van der Waals surface area contributed by atoms with E-state index in [-0.39, 0.29) is 5.57 Å². The topological polar surface area (TPSA) is 79.5 Å². The molecule has 0 aliphatic heterocycles. The summed E-state index contributed by atoms with van der Waals surface area (Å²) in [6, 6.07) is 16.8. The van der Waals surface area contributed by atoms with Crippen molar-refractivity contribution in [2.45, 2.75) is 13.3 Å². The second-order valence-corrected chi connectivity index (χ2v) is 5.20. The summed E-state index contributed by atoms with van der Waals surface area (Å²) in [5.41, 5.74) is 1.41. The van der Waals surface area contributed by atoms with Crippen molar-refractivity contribution in [2.24, 2.45) is 0 Å². The van der Waals surface area contributed by atoms with Gasteiger partial charge in [0.25, 0.3) is 0 Å². The lowest BCUT2D eigenvalue weighted by molar-refractivity contribution is -0.132. The summed E-state index contributed by atoms with van der Waals surface area (Å²) in [6.07, 6.45) is 2.07. The monoisotopic (exact) mass is 337 g/mol. The van der Waals surface area contributed by atoms with Gasteiger partial charge in [0.1, 0.15) is 11.6 Å². The average Bonchev–Trinajstić information content (AvgIpc) is 2.62. The number of ether oxygens (including phenoxy) is 2. The lowest BCUT2D eigenvalue weighted by atomic mass is 10.1. The van der Waals surface area contributed by atoms with Crippen molar-refractivity contribution in [3.05, 3.63) is 65.2 Å². The summed E-state index contributed by atoms with van der Waals surface area (Å²) in [5, 5.41) is 17.8. The Labute approximate surface area is 146 Å². The first-order valence-corrected chi connectivity index (χ1v) is 7.92. The first-order chi connectivity index (χ1) is 12.1. The van der Waals surface area contributed by atoms with Crippen LogP contribution in [0, 0.1) is 11.3 Å². The highest BCUT2D eigenvalue weighted by atomic mass is 16.5. The molecule has 2 aromatic rings. The number of aliphatic carboxylic acids is 1. The van der Waals surface area contributed by atoms with Crippen LogP contribution in [-0.2, 0) is 11.2 Å². The maximum absolute atomic E-state index is 10.9. The Bertz CT molecular complexity index is 791. The molecule has 25 heavy (non-hydrogen) atoms. The molecule has 0 saturated heterocycles. The van der Waals surface area contributed by atoms with Crippen LogP contribution in [0.25, 0.3) is 6.08 Å². The van der Waals surface area contributed by atoms with E-state index >= 15 is 0 Å². The largest absolute Gasteiger partial charge is 0.490 e. The second kappa shape index (κ2) is 9.14. The van der Waals surface area contributed by atoms with Crippen LogP contribution >= 0.6 is 0 Å². The van der Waals surface area contributed by atoms with Crippen molar-refractivity contribution in [2.75, 3.05) is 13.2 Å². The van der Waals surface area contributed by atoms with Crippen molar-refractivity contribution >= 4 is 12.0 Å². The van der Waals surface area contributed by atoms with Gasteiger partial charge in [-0.15, -0.1) is 0 Å². The molecule has 0 fully saturated rings. The molecule has 0 saturated carbocycles. The number of carboxylic acids is 1. The molecule has 0 amide bonds. The molecular weight excluding hydrogens is 318 g/mol. The molecule has 0 unspecified atom stereocenters. The van der Waals surface area contributed by atoms with Crippen LogP contribution in [0.15, 0.2) is 54.1 Å². The smallest absolute Gasteiger partial charge is 0.346 e. The van der Waals surface area contributed by atoms with E-state index in [1.54, 1.807) is 24.3 Å². The molecule has 0 spiro atoms. The van der Waals surface area contributed by atoms with Gasteiger partial charge in [-0.1, -0.05) is 36.4 Å². The number of nitriles is 1. The van der Waals surface area contributed by atoms with Gasteiger partial charge < -0.3 is 14.6 Å². The maximum Gasteiger partial charge on any atom is 0.346 e. The lowest BCUT2D eigenvalue weighted by Crippen LogP contribution is -2.04. The van der Waals surface area contributed by atoms with Crippen molar-refractivity contribution < 1.29 is 19.4 Å². The number of carboxylic acid groups (broad SMARTS) is 1. The second-order valence-electron chi connectivity index (χ2n) is 5.20. The SMILES string of the molecule is CCOc1cc(C=C(C#N)C(=O)O)ccc1OCCc1ccccc1. The molecule has 0 aliphatic carbocycles. The van der Waals surface area contributed by atoms with E-state index in [0.717, 1.165) is 6.42 Å². The molecule has 5 nitrogen and oxygen atoms in total. The minimum Gasteiger partial charge on any atom is -0.490 e. The fraction of sp³-hybridized carbons (Fsp3) is 0.200. The van der Waals surface area contributed by atoms with E-state index < -0.39 is 5.97 Å². The Kier molecular flexibility index (Phi) is 6.61. The highest BCUT2D eigenvalue weighted by Gasteiger charge is 2.09. The fourth-order valence-corrected chi connectivity index (χ4v) is 2.23. The summed E-state index contributed by atoms with van der Waals surface area (Å²) in [6.45, 7) is 2.80. The summed E-state index contributed by atoms with van der Waals surface area (Å²) >= 11 is 0. The zero-order valence-corrected chi connectivity index (χ0v) is 13.9. The molecule has 0 atom stereocenters. The molecule has 0 bridgehead atoms. The van der Waals surface area contributed by atoms with Crippen LogP contribution in [0.4, 0.5) is 0 Å². The molecule has 0 aromatic heterocycles. The van der Waals surface area contributed by atoms with Crippen LogP contribution < -0.4 is 9.47 Å². The van der Waals surface area contributed by atoms with Crippen LogP contribution in [0.1, 0.15) is 18.1 Å². The number of rotatable bonds is 8. The number of hydrogen-bond donors (Lipinski definition) is 1. The fourth-order valence-electron chi connectivity index (χ4n) is 2.23. The molecule has 0 radical (unpaired) electrons. The summed E-state index contributed by atoms with van der Waals surface area (Å²) in [4.78, 5) is 10.9. The molecule has 0 heterocycles. The average molecular weight is 337 g/mol. The number of nitrogens with zero attached hydrogens (tertiary/aromatic N) is 1. The Balaban J connectivity index is 2.13. The van der Waals surface area contributed by atoms with Gasteiger partial charge in [0.15, 0.2) is 11.5 Å². The predicted molar refractivity (Wildman–Crippen MR) is 94.5 cm³/mol. The zero-order valence-electron chi connectivity index (χ0n) is 13.9. The van der Waals surface area contributed by atoms with Gasteiger partial charge in [0, 0.05) is 6.42 Å². The third-order valence-electron chi connectivity index (χ3n) is 3.42. The molecule has 2 aromatic carbocycles. The van der Waals surface area contributed by atoms with E-state index in [1.165, 1.54) is 11.6 Å². The van der Waals surface area contributed by atoms with E-state index in [2.05, 4.69) is 0 Å². The standard InChI is InChI=1S/C20H19NO4/c1-2-24-19-13-16(12-17(14-21)20(22)23)8-9-18(19)25-11-10-15-6-4-3-5-7-15/h3-9,12-13H,2,10-11H2,1H3,(H,22,23). The van der Waals surface area contributed by atoms with Gasteiger partial charge in [-0.25, -0.2) is 4.79 Å². The Morgan fingerprint density at radius 3 is 2.56 bits per heavy atom. The first-order valence-electron chi connectivity index (χ1n) is 7.92. The van der Waals surface area contributed by atoms with Crippen LogP contribution in [0.3, 0.4) is 0 Å². The summed E-state index contributed by atoms with van der Waals surface area (Å²) < 4.78 is 11.4.